The first-order valence-corrected chi connectivity index (χ1v) is 11.7. The van der Waals surface area contributed by atoms with E-state index in [4.69, 9.17) is 9.47 Å². The maximum absolute atomic E-state index is 12.7. The van der Waals surface area contributed by atoms with Crippen LogP contribution in [0.15, 0.2) is 48.5 Å². The highest BCUT2D eigenvalue weighted by Crippen LogP contribution is 2.44. The largest absolute Gasteiger partial charge is 0.481 e. The Morgan fingerprint density at radius 2 is 1.51 bits per heavy atom. The number of rotatable bonds is 10. The molecule has 0 bridgehead atoms. The lowest BCUT2D eigenvalue weighted by molar-refractivity contribution is -0.152. The Balaban J connectivity index is 1.51. The number of hydrogen-bond acceptors (Lipinski definition) is 5. The average Bonchev–Trinajstić information content (AvgIpc) is 3.13. The van der Waals surface area contributed by atoms with Crippen LogP contribution in [0.2, 0.25) is 0 Å². The molecule has 8 heteroatoms. The molecule has 3 N–H and O–H groups in total. The van der Waals surface area contributed by atoms with Crippen LogP contribution in [-0.4, -0.2) is 55.0 Å². The number of benzene rings is 2. The maximum Gasteiger partial charge on any atom is 0.407 e. The fraction of sp³-hybridized carbons (Fsp3) is 0.444. The van der Waals surface area contributed by atoms with E-state index in [9.17, 15) is 19.5 Å². The van der Waals surface area contributed by atoms with Crippen molar-refractivity contribution in [3.8, 4) is 11.1 Å². The van der Waals surface area contributed by atoms with Crippen LogP contribution in [-0.2, 0) is 19.1 Å². The van der Waals surface area contributed by atoms with Crippen molar-refractivity contribution < 1.29 is 29.0 Å². The zero-order chi connectivity index (χ0) is 25.8. The first-order chi connectivity index (χ1) is 16.5. The van der Waals surface area contributed by atoms with Crippen LogP contribution in [0.4, 0.5) is 4.79 Å². The van der Waals surface area contributed by atoms with Crippen LogP contribution in [0.25, 0.3) is 11.1 Å². The van der Waals surface area contributed by atoms with E-state index >= 15 is 0 Å². The van der Waals surface area contributed by atoms with Gasteiger partial charge in [-0.25, -0.2) is 4.79 Å². The second-order valence-corrected chi connectivity index (χ2v) is 9.81. The number of methoxy groups -OCH3 is 1. The third-order valence-electron chi connectivity index (χ3n) is 7.13. The number of hydrogen-bond donors (Lipinski definition) is 3. The van der Waals surface area contributed by atoms with Gasteiger partial charge in [-0.1, -0.05) is 48.5 Å². The van der Waals surface area contributed by atoms with Crippen LogP contribution >= 0.6 is 0 Å². The maximum atomic E-state index is 12.7. The highest BCUT2D eigenvalue weighted by atomic mass is 16.5. The van der Waals surface area contributed by atoms with Crippen LogP contribution in [0.5, 0.6) is 0 Å². The number of ether oxygens (including phenoxy) is 2. The Kier molecular flexibility index (Phi) is 7.85. The van der Waals surface area contributed by atoms with E-state index in [0.717, 1.165) is 22.3 Å². The van der Waals surface area contributed by atoms with Gasteiger partial charge in [0.15, 0.2) is 0 Å². The molecule has 1 atom stereocenters. The molecule has 0 fully saturated rings. The monoisotopic (exact) mass is 482 g/mol. The molecule has 0 heterocycles. The molecular weight excluding hydrogens is 448 g/mol. The van der Waals surface area contributed by atoms with Crippen molar-refractivity contribution in [1.29, 1.82) is 0 Å². The Morgan fingerprint density at radius 3 is 2.03 bits per heavy atom. The summed E-state index contributed by atoms with van der Waals surface area (Å²) in [6, 6.07) is 16.2. The van der Waals surface area contributed by atoms with Gasteiger partial charge in [0.2, 0.25) is 5.91 Å². The molecule has 8 nitrogen and oxygen atoms in total. The first kappa shape index (κ1) is 26.2. The molecule has 2 amide bonds. The van der Waals surface area contributed by atoms with Crippen LogP contribution in [0.1, 0.15) is 51.2 Å². The quantitative estimate of drug-likeness (QED) is 0.473. The molecule has 188 valence electrons. The normalized spacial score (nSPS) is 14.0. The molecule has 0 spiro atoms. The number of carbonyl (C=O) groups excluding carboxylic acids is 2. The molecule has 0 aromatic heterocycles. The van der Waals surface area contributed by atoms with E-state index < -0.39 is 35.0 Å². The number of amides is 2. The highest BCUT2D eigenvalue weighted by Gasteiger charge is 2.45. The first-order valence-electron chi connectivity index (χ1n) is 11.7. The van der Waals surface area contributed by atoms with E-state index in [2.05, 4.69) is 34.9 Å². The Labute approximate surface area is 206 Å². The molecule has 1 unspecified atom stereocenters. The SMILES string of the molecule is COC(CCNC(=O)OCC1c2ccccc2-c2ccccc21)C(=O)NC(C)(C)C(C)(C)C(=O)O. The van der Waals surface area contributed by atoms with Crippen molar-refractivity contribution in [2.24, 2.45) is 5.41 Å². The van der Waals surface area contributed by atoms with Crippen molar-refractivity contribution in [1.82, 2.24) is 10.6 Å². The topological polar surface area (TPSA) is 114 Å². The summed E-state index contributed by atoms with van der Waals surface area (Å²) in [7, 11) is 1.40. The summed E-state index contributed by atoms with van der Waals surface area (Å²) in [6.07, 6.45) is -1.22. The van der Waals surface area contributed by atoms with Gasteiger partial charge in [0.25, 0.3) is 0 Å². The summed E-state index contributed by atoms with van der Waals surface area (Å²) in [5.41, 5.74) is 2.35. The molecular formula is C27H34N2O6. The van der Waals surface area contributed by atoms with E-state index in [1.807, 2.05) is 24.3 Å². The number of carboxylic acid groups (broad SMARTS) is 1. The van der Waals surface area contributed by atoms with Crippen molar-refractivity contribution in [2.75, 3.05) is 20.3 Å². The average molecular weight is 483 g/mol. The van der Waals surface area contributed by atoms with Crippen molar-refractivity contribution in [2.45, 2.75) is 51.7 Å². The predicted molar refractivity (Wildman–Crippen MR) is 132 cm³/mol. The minimum Gasteiger partial charge on any atom is -0.481 e. The number of carbonyl (C=O) groups is 3. The molecule has 0 saturated carbocycles. The van der Waals surface area contributed by atoms with Gasteiger partial charge in [0, 0.05) is 26.0 Å². The third-order valence-corrected chi connectivity index (χ3v) is 7.13. The Hall–Kier alpha value is -3.39. The second-order valence-electron chi connectivity index (χ2n) is 9.81. The fourth-order valence-corrected chi connectivity index (χ4v) is 4.12. The number of aliphatic carboxylic acids is 1. The smallest absolute Gasteiger partial charge is 0.407 e. The summed E-state index contributed by atoms with van der Waals surface area (Å²) in [6.45, 7) is 6.77. The lowest BCUT2D eigenvalue weighted by Gasteiger charge is -2.39. The van der Waals surface area contributed by atoms with Gasteiger partial charge < -0.3 is 25.2 Å². The van der Waals surface area contributed by atoms with E-state index in [1.54, 1.807) is 27.7 Å². The molecule has 35 heavy (non-hydrogen) atoms. The molecule has 2 aromatic carbocycles. The summed E-state index contributed by atoms with van der Waals surface area (Å²) in [5, 5.41) is 14.9. The van der Waals surface area contributed by atoms with Crippen molar-refractivity contribution in [3.63, 3.8) is 0 Å². The second kappa shape index (κ2) is 10.5. The molecule has 3 rings (SSSR count). The van der Waals surface area contributed by atoms with Gasteiger partial charge in [-0.2, -0.15) is 0 Å². The van der Waals surface area contributed by atoms with Gasteiger partial charge in [-0.3, -0.25) is 9.59 Å². The Bertz CT molecular complexity index is 1050. The summed E-state index contributed by atoms with van der Waals surface area (Å²) in [5.74, 6) is -1.50. The Morgan fingerprint density at radius 1 is 0.971 bits per heavy atom. The third kappa shape index (κ3) is 5.48. The lowest BCUT2D eigenvalue weighted by Crippen LogP contribution is -2.59. The van der Waals surface area contributed by atoms with Crippen LogP contribution in [0.3, 0.4) is 0 Å². The van der Waals surface area contributed by atoms with E-state index in [1.165, 1.54) is 7.11 Å². The predicted octanol–water partition coefficient (Wildman–Crippen LogP) is 3.94. The number of alkyl carbamates (subject to hydrolysis) is 1. The molecule has 2 aromatic rings. The molecule has 0 saturated heterocycles. The number of carboxylic acids is 1. The molecule has 1 aliphatic carbocycles. The molecule has 1 aliphatic rings. The zero-order valence-electron chi connectivity index (χ0n) is 20.9. The van der Waals surface area contributed by atoms with Gasteiger partial charge >= 0.3 is 12.1 Å². The number of fused-ring (bicyclic) bond motifs is 3. The standard InChI is InChI=1S/C27H34N2O6/c1-26(2,24(31)32)27(3,4)29-23(30)22(34-5)14-15-28-25(33)35-16-21-19-12-8-6-10-17(19)18-11-7-9-13-20(18)21/h6-13,21-22H,14-16H2,1-5H3,(H,28,33)(H,29,30)(H,31,32). The highest BCUT2D eigenvalue weighted by molar-refractivity contribution is 5.84. The van der Waals surface area contributed by atoms with E-state index in [0.29, 0.717) is 0 Å². The summed E-state index contributed by atoms with van der Waals surface area (Å²) < 4.78 is 10.8. The van der Waals surface area contributed by atoms with Gasteiger partial charge in [-0.15, -0.1) is 0 Å². The van der Waals surface area contributed by atoms with Crippen molar-refractivity contribution in [3.05, 3.63) is 59.7 Å². The minimum absolute atomic E-state index is 0.0366. The minimum atomic E-state index is -1.19. The fourth-order valence-electron chi connectivity index (χ4n) is 4.12. The van der Waals surface area contributed by atoms with Crippen LogP contribution < -0.4 is 10.6 Å². The molecule has 0 radical (unpaired) electrons. The van der Waals surface area contributed by atoms with Crippen LogP contribution in [0, 0.1) is 5.41 Å². The van der Waals surface area contributed by atoms with Gasteiger partial charge in [-0.05, 0) is 49.9 Å². The number of nitrogens with one attached hydrogen (secondary N) is 2. The van der Waals surface area contributed by atoms with Gasteiger partial charge in [0.05, 0.1) is 11.0 Å². The molecule has 0 aliphatic heterocycles. The summed E-state index contributed by atoms with van der Waals surface area (Å²) >= 11 is 0. The van der Waals surface area contributed by atoms with E-state index in [-0.39, 0.29) is 25.5 Å². The lowest BCUT2D eigenvalue weighted by atomic mass is 9.74. The van der Waals surface area contributed by atoms with Crippen molar-refractivity contribution >= 4 is 18.0 Å². The zero-order valence-corrected chi connectivity index (χ0v) is 20.9. The van der Waals surface area contributed by atoms with Gasteiger partial charge in [0.1, 0.15) is 12.7 Å². The summed E-state index contributed by atoms with van der Waals surface area (Å²) in [4.78, 5) is 36.6.